The number of ether oxygens (including phenoxy) is 2. The second kappa shape index (κ2) is 13.0. The SMILES string of the molecule is C[C@@H](OC1OCCN(Cc2nn[nH]c2CN(C)C)C1c1ccc(F)cc1)c1cc(C(F)(F)F)cc(C(F)(F)F)c1.Cl. The average molecular weight is 612 g/mol. The number of halogens is 8. The Morgan fingerprint density at radius 3 is 2.22 bits per heavy atom. The zero-order valence-corrected chi connectivity index (χ0v) is 23.1. The largest absolute Gasteiger partial charge is 0.416 e. The molecule has 1 aliphatic rings. The van der Waals surface area contributed by atoms with Gasteiger partial charge in [-0.25, -0.2) is 4.39 Å². The van der Waals surface area contributed by atoms with Crippen LogP contribution in [0.4, 0.5) is 30.7 Å². The predicted molar refractivity (Wildman–Crippen MR) is 136 cm³/mol. The molecular formula is C26H29ClF7N5O2. The zero-order valence-electron chi connectivity index (χ0n) is 22.3. The Balaban J connectivity index is 0.00000462. The fourth-order valence-electron chi connectivity index (χ4n) is 4.53. The normalized spacial score (nSPS) is 19.3. The van der Waals surface area contributed by atoms with E-state index in [1.807, 2.05) is 23.9 Å². The first kappa shape index (κ1) is 32.7. The monoisotopic (exact) mass is 611 g/mol. The molecule has 0 saturated carbocycles. The molecule has 0 aliphatic carbocycles. The minimum absolute atomic E-state index is 0. The molecule has 0 spiro atoms. The second-order valence-corrected chi connectivity index (χ2v) is 9.80. The molecule has 1 saturated heterocycles. The number of aromatic amines is 1. The Kier molecular flexibility index (Phi) is 10.4. The van der Waals surface area contributed by atoms with E-state index in [2.05, 4.69) is 15.4 Å². The summed E-state index contributed by atoms with van der Waals surface area (Å²) in [4.78, 5) is 3.87. The lowest BCUT2D eigenvalue weighted by molar-refractivity contribution is -0.231. The molecule has 1 fully saturated rings. The molecule has 2 aromatic carbocycles. The van der Waals surface area contributed by atoms with Gasteiger partial charge in [0.2, 0.25) is 0 Å². The number of morpholine rings is 1. The van der Waals surface area contributed by atoms with Gasteiger partial charge in [0.05, 0.1) is 35.6 Å². The molecule has 1 aliphatic heterocycles. The molecule has 226 valence electrons. The van der Waals surface area contributed by atoms with E-state index in [9.17, 15) is 30.7 Å². The van der Waals surface area contributed by atoms with Gasteiger partial charge >= 0.3 is 12.4 Å². The van der Waals surface area contributed by atoms with Gasteiger partial charge in [-0.05, 0) is 62.5 Å². The van der Waals surface area contributed by atoms with E-state index in [0.29, 0.717) is 36.5 Å². The molecule has 41 heavy (non-hydrogen) atoms. The highest BCUT2D eigenvalue weighted by Gasteiger charge is 2.39. The van der Waals surface area contributed by atoms with Gasteiger partial charge in [-0.15, -0.1) is 17.5 Å². The first-order valence-electron chi connectivity index (χ1n) is 12.3. The van der Waals surface area contributed by atoms with E-state index in [1.165, 1.54) is 31.2 Å². The Hall–Kier alpha value is -2.78. The van der Waals surface area contributed by atoms with Gasteiger partial charge in [0.25, 0.3) is 0 Å². The van der Waals surface area contributed by atoms with Gasteiger partial charge in [0, 0.05) is 19.6 Å². The summed E-state index contributed by atoms with van der Waals surface area (Å²) in [5, 5.41) is 10.9. The van der Waals surface area contributed by atoms with Crippen molar-refractivity contribution in [2.45, 2.75) is 50.8 Å². The first-order valence-corrected chi connectivity index (χ1v) is 12.3. The van der Waals surface area contributed by atoms with Crippen molar-refractivity contribution in [1.82, 2.24) is 25.2 Å². The lowest BCUT2D eigenvalue weighted by Crippen LogP contribution is -2.46. The Morgan fingerprint density at radius 1 is 1.05 bits per heavy atom. The van der Waals surface area contributed by atoms with Crippen LogP contribution in [-0.4, -0.2) is 58.7 Å². The van der Waals surface area contributed by atoms with Crippen molar-refractivity contribution in [3.05, 3.63) is 81.9 Å². The van der Waals surface area contributed by atoms with Crippen LogP contribution in [0.25, 0.3) is 0 Å². The van der Waals surface area contributed by atoms with Crippen LogP contribution in [0.15, 0.2) is 42.5 Å². The molecule has 2 unspecified atom stereocenters. The number of H-pyrrole nitrogens is 1. The fraction of sp³-hybridized carbons (Fsp3) is 0.462. The second-order valence-electron chi connectivity index (χ2n) is 9.80. The summed E-state index contributed by atoms with van der Waals surface area (Å²) in [5.41, 5.74) is -1.20. The van der Waals surface area contributed by atoms with Crippen LogP contribution in [0.3, 0.4) is 0 Å². The lowest BCUT2D eigenvalue weighted by atomic mass is 10.0. The van der Waals surface area contributed by atoms with Crippen molar-refractivity contribution in [2.75, 3.05) is 27.2 Å². The van der Waals surface area contributed by atoms with Crippen molar-refractivity contribution < 1.29 is 40.2 Å². The number of rotatable bonds is 8. The first-order chi connectivity index (χ1) is 18.7. The van der Waals surface area contributed by atoms with Gasteiger partial charge in [0.15, 0.2) is 6.29 Å². The van der Waals surface area contributed by atoms with Gasteiger partial charge in [0.1, 0.15) is 11.5 Å². The van der Waals surface area contributed by atoms with Crippen molar-refractivity contribution in [3.8, 4) is 0 Å². The van der Waals surface area contributed by atoms with E-state index in [-0.39, 0.29) is 37.2 Å². The maximum Gasteiger partial charge on any atom is 0.416 e. The highest BCUT2D eigenvalue weighted by molar-refractivity contribution is 5.85. The van der Waals surface area contributed by atoms with Crippen LogP contribution in [0.2, 0.25) is 0 Å². The summed E-state index contributed by atoms with van der Waals surface area (Å²) in [6.07, 6.45) is -12.3. The molecule has 0 amide bonds. The molecule has 2 heterocycles. The number of benzene rings is 2. The molecule has 15 heteroatoms. The van der Waals surface area contributed by atoms with Crippen LogP contribution in [-0.2, 0) is 34.9 Å². The van der Waals surface area contributed by atoms with Crippen molar-refractivity contribution >= 4 is 12.4 Å². The summed E-state index contributed by atoms with van der Waals surface area (Å²) < 4.78 is 106. The van der Waals surface area contributed by atoms with Crippen LogP contribution in [0.1, 0.15) is 52.7 Å². The summed E-state index contributed by atoms with van der Waals surface area (Å²) in [6, 6.07) is 6.20. The van der Waals surface area contributed by atoms with E-state index < -0.39 is 47.7 Å². The average Bonchev–Trinajstić information content (AvgIpc) is 3.29. The molecule has 7 nitrogen and oxygen atoms in total. The third-order valence-corrected chi connectivity index (χ3v) is 6.47. The van der Waals surface area contributed by atoms with Gasteiger partial charge in [-0.1, -0.05) is 17.3 Å². The quantitative estimate of drug-likeness (QED) is 0.309. The molecule has 4 rings (SSSR count). The predicted octanol–water partition coefficient (Wildman–Crippen LogP) is 6.14. The molecule has 1 aromatic heterocycles. The zero-order chi connectivity index (χ0) is 29.2. The van der Waals surface area contributed by atoms with Crippen molar-refractivity contribution in [2.24, 2.45) is 0 Å². The minimum atomic E-state index is -4.99. The summed E-state index contributed by atoms with van der Waals surface area (Å²) in [6.45, 7) is 2.72. The van der Waals surface area contributed by atoms with E-state index >= 15 is 0 Å². The smallest absolute Gasteiger partial charge is 0.349 e. The minimum Gasteiger partial charge on any atom is -0.349 e. The Morgan fingerprint density at radius 2 is 1.66 bits per heavy atom. The number of nitrogens with zero attached hydrogens (tertiary/aromatic N) is 4. The topological polar surface area (TPSA) is 66.5 Å². The standard InChI is InChI=1S/C26H28F7N5O2.ClH/c1-15(17-10-18(25(28,29)30)12-19(11-17)26(31,32)33)40-24-23(16-4-6-20(27)7-5-16)38(8-9-39-24)14-22-21(13-37(2)3)34-36-35-22;/h4-7,10-12,15,23-24H,8-9,13-14H2,1-3H3,(H,34,35,36);1H/t15-,23?,24?;/m1./s1. The molecule has 3 atom stereocenters. The van der Waals surface area contributed by atoms with E-state index in [0.717, 1.165) is 5.69 Å². The van der Waals surface area contributed by atoms with Crippen molar-refractivity contribution in [1.29, 1.82) is 0 Å². The summed E-state index contributed by atoms with van der Waals surface area (Å²) in [7, 11) is 3.76. The Bertz CT molecular complexity index is 1250. The van der Waals surface area contributed by atoms with Gasteiger partial charge in [-0.2, -0.15) is 26.3 Å². The molecule has 1 N–H and O–H groups in total. The third kappa shape index (κ3) is 8.16. The van der Waals surface area contributed by atoms with Crippen LogP contribution in [0, 0.1) is 5.82 Å². The van der Waals surface area contributed by atoms with E-state index in [4.69, 9.17) is 9.47 Å². The lowest BCUT2D eigenvalue weighted by Gasteiger charge is -2.42. The molecule has 3 aromatic rings. The van der Waals surface area contributed by atoms with Crippen LogP contribution >= 0.6 is 12.4 Å². The molecular weight excluding hydrogens is 583 g/mol. The van der Waals surface area contributed by atoms with E-state index in [1.54, 1.807) is 0 Å². The Labute approximate surface area is 238 Å². The number of aromatic nitrogens is 3. The van der Waals surface area contributed by atoms with Crippen molar-refractivity contribution in [3.63, 3.8) is 0 Å². The number of hydrogen-bond acceptors (Lipinski definition) is 6. The van der Waals surface area contributed by atoms with Crippen LogP contribution < -0.4 is 0 Å². The fourth-order valence-corrected chi connectivity index (χ4v) is 4.53. The summed E-state index contributed by atoms with van der Waals surface area (Å²) >= 11 is 0. The van der Waals surface area contributed by atoms with Gasteiger partial charge < -0.3 is 14.4 Å². The number of alkyl halides is 6. The highest BCUT2D eigenvalue weighted by atomic mass is 35.5. The maximum absolute atomic E-state index is 13.7. The van der Waals surface area contributed by atoms with Gasteiger partial charge in [-0.3, -0.25) is 10.00 Å². The highest BCUT2D eigenvalue weighted by Crippen LogP contribution is 2.40. The maximum atomic E-state index is 13.7. The number of hydrogen-bond donors (Lipinski definition) is 1. The number of nitrogens with one attached hydrogen (secondary N) is 1. The molecule has 0 radical (unpaired) electrons. The third-order valence-electron chi connectivity index (χ3n) is 6.47. The molecule has 0 bridgehead atoms. The summed E-state index contributed by atoms with van der Waals surface area (Å²) in [5.74, 6) is -0.480. The van der Waals surface area contributed by atoms with Crippen LogP contribution in [0.5, 0.6) is 0 Å².